The molecule has 0 fully saturated rings. The zero-order valence-corrected chi connectivity index (χ0v) is 33.5. The van der Waals surface area contributed by atoms with Gasteiger partial charge in [0, 0.05) is 33.4 Å². The maximum Gasteiger partial charge on any atom is 0.248 e. The van der Waals surface area contributed by atoms with E-state index in [2.05, 4.69) is 121 Å². The first-order valence-corrected chi connectivity index (χ1v) is 19.9. The Morgan fingerprint density at radius 2 is 0.617 bits per heavy atom. The third-order valence-corrected chi connectivity index (χ3v) is 11.0. The molecule has 10 rings (SSSR count). The van der Waals surface area contributed by atoms with Crippen molar-refractivity contribution in [2.45, 2.75) is 27.7 Å². The first-order valence-electron chi connectivity index (χ1n) is 19.9. The van der Waals surface area contributed by atoms with Crippen LogP contribution in [0.4, 0.5) is 0 Å². The normalized spacial score (nSPS) is 11.3. The van der Waals surface area contributed by atoms with Crippen LogP contribution < -0.4 is 0 Å². The maximum atomic E-state index is 6.11. The number of para-hydroxylation sites is 2. The smallest absolute Gasteiger partial charge is 0.248 e. The molecule has 3 aromatic heterocycles. The maximum absolute atomic E-state index is 6.11. The zero-order chi connectivity index (χ0) is 40.7. The van der Waals surface area contributed by atoms with E-state index in [0.717, 1.165) is 100 Å². The van der Waals surface area contributed by atoms with Gasteiger partial charge < -0.3 is 8.83 Å². The number of benzene rings is 7. The highest BCUT2D eigenvalue weighted by Crippen LogP contribution is 2.38. The van der Waals surface area contributed by atoms with Crippen molar-refractivity contribution >= 4 is 11.0 Å². The van der Waals surface area contributed by atoms with Crippen LogP contribution in [0.5, 0.6) is 0 Å². The molecule has 0 saturated carbocycles. The Morgan fingerprint density at radius 3 is 1.02 bits per heavy atom. The van der Waals surface area contributed by atoms with Crippen LogP contribution in [0.1, 0.15) is 22.3 Å². The average molecular weight is 779 g/mol. The Labute approximate surface area is 347 Å². The average Bonchev–Trinajstić information content (AvgIpc) is 4.00. The number of nitrogens with zero attached hydrogens (tertiary/aromatic N) is 6. The van der Waals surface area contributed by atoms with Gasteiger partial charge >= 0.3 is 0 Å². The van der Waals surface area contributed by atoms with Gasteiger partial charge in [0.05, 0.1) is 22.4 Å². The Morgan fingerprint density at radius 1 is 0.300 bits per heavy atom. The summed E-state index contributed by atoms with van der Waals surface area (Å²) >= 11 is 0. The summed E-state index contributed by atoms with van der Waals surface area (Å²) in [5.41, 5.74) is 17.8. The van der Waals surface area contributed by atoms with Crippen LogP contribution in [0.15, 0.2) is 167 Å². The van der Waals surface area contributed by atoms with E-state index < -0.39 is 0 Å². The van der Waals surface area contributed by atoms with Crippen molar-refractivity contribution in [3.05, 3.63) is 180 Å². The highest BCUT2D eigenvalue weighted by molar-refractivity contribution is 5.88. The third-order valence-electron chi connectivity index (χ3n) is 11.0. The lowest BCUT2D eigenvalue weighted by atomic mass is 9.93. The lowest BCUT2D eigenvalue weighted by Crippen LogP contribution is -1.96. The molecule has 0 aliphatic rings. The fourth-order valence-electron chi connectivity index (χ4n) is 7.79. The lowest BCUT2D eigenvalue weighted by Gasteiger charge is -2.14. The van der Waals surface area contributed by atoms with Crippen molar-refractivity contribution in [3.63, 3.8) is 0 Å². The second kappa shape index (κ2) is 15.2. The minimum Gasteiger partial charge on any atom is -0.416 e. The predicted octanol–water partition coefficient (Wildman–Crippen LogP) is 13.0. The number of rotatable bonds is 8. The highest BCUT2D eigenvalue weighted by Gasteiger charge is 2.19. The number of fused-ring (bicyclic) bond motifs is 1. The summed E-state index contributed by atoms with van der Waals surface area (Å²) in [6, 6.07) is 53.5. The molecule has 7 aromatic carbocycles. The Bertz CT molecular complexity index is 2960. The molecule has 10 aromatic rings. The van der Waals surface area contributed by atoms with Gasteiger partial charge in [0.25, 0.3) is 0 Å². The summed E-state index contributed by atoms with van der Waals surface area (Å²) in [6.07, 6.45) is 0. The van der Waals surface area contributed by atoms with Crippen molar-refractivity contribution in [2.24, 2.45) is 0 Å². The van der Waals surface area contributed by atoms with Gasteiger partial charge in [-0.05, 0) is 121 Å². The molecule has 0 spiro atoms. The summed E-state index contributed by atoms with van der Waals surface area (Å²) in [5.74, 6) is 2.02. The lowest BCUT2D eigenvalue weighted by molar-refractivity contribution is 0.583. The van der Waals surface area contributed by atoms with E-state index in [1.54, 1.807) is 0 Å². The molecule has 3 heterocycles. The quantitative estimate of drug-likeness (QED) is 0.150. The van der Waals surface area contributed by atoms with Crippen LogP contribution in [0.2, 0.25) is 0 Å². The van der Waals surface area contributed by atoms with E-state index >= 15 is 0 Å². The monoisotopic (exact) mass is 778 g/mol. The van der Waals surface area contributed by atoms with Crippen molar-refractivity contribution in [1.82, 2.24) is 30.4 Å². The van der Waals surface area contributed by atoms with E-state index in [-0.39, 0.29) is 0 Å². The van der Waals surface area contributed by atoms with Gasteiger partial charge in [-0.15, -0.1) is 20.4 Å². The van der Waals surface area contributed by atoms with Crippen molar-refractivity contribution < 1.29 is 8.83 Å². The summed E-state index contributed by atoms with van der Waals surface area (Å²) in [7, 11) is 0. The molecule has 288 valence electrons. The van der Waals surface area contributed by atoms with E-state index in [4.69, 9.17) is 18.8 Å². The van der Waals surface area contributed by atoms with Gasteiger partial charge in [0.1, 0.15) is 0 Å². The molecule has 60 heavy (non-hydrogen) atoms. The van der Waals surface area contributed by atoms with Crippen molar-refractivity contribution in [1.29, 1.82) is 0 Å². The fraction of sp³-hybridized carbons (Fsp3) is 0.0769. The molecular formula is C52H38N6O2. The van der Waals surface area contributed by atoms with Crippen LogP contribution >= 0.6 is 0 Å². The Kier molecular flexibility index (Phi) is 9.22. The second-order valence-electron chi connectivity index (χ2n) is 15.1. The topological polar surface area (TPSA) is 104 Å². The van der Waals surface area contributed by atoms with Crippen LogP contribution in [-0.4, -0.2) is 30.4 Å². The zero-order valence-electron chi connectivity index (χ0n) is 33.5. The van der Waals surface area contributed by atoms with Gasteiger partial charge in [-0.1, -0.05) is 109 Å². The molecule has 0 radical (unpaired) electrons. The predicted molar refractivity (Wildman–Crippen MR) is 238 cm³/mol. The van der Waals surface area contributed by atoms with Gasteiger partial charge in [-0.2, -0.15) is 0 Å². The summed E-state index contributed by atoms with van der Waals surface area (Å²) in [4.78, 5) is 10.4. The molecule has 0 bridgehead atoms. The second-order valence-corrected chi connectivity index (χ2v) is 15.1. The van der Waals surface area contributed by atoms with Gasteiger partial charge in [-0.3, -0.25) is 0 Å². The minimum absolute atomic E-state index is 0.505. The standard InChI is InChI=1S/C52H38N6O2/c1-31-29-43(51-57-55-49(59-51)39-13-7-5-8-14-39)33(3)27-41(31)35-19-23-37(24-20-35)47-48(54-46-18-12-11-17-45(46)53-47)38-25-21-36(22-26-38)42-28-34(4)44(30-32(42)2)52-58-56-50(60-52)40-15-9-6-10-16-40/h5-30H,1-4H3. The highest BCUT2D eigenvalue weighted by atomic mass is 16.4. The third kappa shape index (κ3) is 6.84. The summed E-state index contributed by atoms with van der Waals surface area (Å²) in [6.45, 7) is 8.39. The van der Waals surface area contributed by atoms with Crippen LogP contribution in [0.25, 0.3) is 102 Å². The Hall–Kier alpha value is -7.84. The molecule has 0 aliphatic carbocycles. The number of hydrogen-bond donors (Lipinski definition) is 0. The summed E-state index contributed by atoms with van der Waals surface area (Å²) in [5, 5.41) is 17.4. The van der Waals surface area contributed by atoms with Crippen molar-refractivity contribution in [2.75, 3.05) is 0 Å². The molecule has 0 aliphatic heterocycles. The summed E-state index contributed by atoms with van der Waals surface area (Å²) < 4.78 is 12.2. The molecular weight excluding hydrogens is 741 g/mol. The molecule has 8 nitrogen and oxygen atoms in total. The van der Waals surface area contributed by atoms with Crippen LogP contribution in [-0.2, 0) is 0 Å². The molecule has 0 N–H and O–H groups in total. The van der Waals surface area contributed by atoms with Gasteiger partial charge in [0.2, 0.25) is 23.6 Å². The van der Waals surface area contributed by atoms with E-state index in [1.165, 1.54) is 0 Å². The largest absolute Gasteiger partial charge is 0.416 e. The van der Waals surface area contributed by atoms with E-state index in [1.807, 2.05) is 84.9 Å². The first-order chi connectivity index (χ1) is 29.4. The number of hydrogen-bond acceptors (Lipinski definition) is 8. The SMILES string of the molecule is Cc1cc(-c2nnc(-c3ccccc3)o2)c(C)cc1-c1ccc(-c2nc3ccccc3nc2-c2ccc(-c3cc(C)c(-c4nnc(-c5ccccc5)o4)cc3C)cc2)cc1. The van der Waals surface area contributed by atoms with Crippen LogP contribution in [0.3, 0.4) is 0 Å². The molecule has 0 atom stereocenters. The van der Waals surface area contributed by atoms with Gasteiger partial charge in [0.15, 0.2) is 0 Å². The molecule has 0 amide bonds. The number of aromatic nitrogens is 6. The fourth-order valence-corrected chi connectivity index (χ4v) is 7.79. The van der Waals surface area contributed by atoms with E-state index in [0.29, 0.717) is 23.6 Å². The van der Waals surface area contributed by atoms with Gasteiger partial charge in [-0.25, -0.2) is 9.97 Å². The van der Waals surface area contributed by atoms with E-state index in [9.17, 15) is 0 Å². The Balaban J connectivity index is 0.946. The number of aryl methyl sites for hydroxylation is 4. The molecule has 8 heteroatoms. The minimum atomic E-state index is 0.505. The van der Waals surface area contributed by atoms with Crippen LogP contribution in [0, 0.1) is 27.7 Å². The molecule has 0 saturated heterocycles. The first kappa shape index (κ1) is 36.5. The van der Waals surface area contributed by atoms with Crippen molar-refractivity contribution in [3.8, 4) is 90.6 Å². The molecule has 0 unspecified atom stereocenters.